The average molecular weight is 351 g/mol. The average Bonchev–Trinajstić information content (AvgIpc) is 2.92. The second-order valence-corrected chi connectivity index (χ2v) is 7.65. The number of primary sulfonamides is 1. The standard InChI is InChI=1S/C15H18FN5O2S/c16-12-3-1-2-11(7-12)14-18-9-19-15(21-14)20-13-5-4-10(6-13)8-24(17,22)23/h1-3,7,9-10,13H,4-6,8H2,(H2,17,22,23)(H,18,19,20,21)/t10-,13+/m1/s1. The maximum absolute atomic E-state index is 13.3. The Morgan fingerprint density at radius 3 is 2.88 bits per heavy atom. The molecule has 1 aromatic carbocycles. The fraction of sp³-hybridized carbons (Fsp3) is 0.400. The van der Waals surface area contributed by atoms with E-state index >= 15 is 0 Å². The van der Waals surface area contributed by atoms with Gasteiger partial charge in [0.05, 0.1) is 5.75 Å². The van der Waals surface area contributed by atoms with Crippen LogP contribution in [0.1, 0.15) is 19.3 Å². The highest BCUT2D eigenvalue weighted by Crippen LogP contribution is 2.28. The van der Waals surface area contributed by atoms with Gasteiger partial charge in [-0.05, 0) is 37.3 Å². The van der Waals surface area contributed by atoms with Crippen molar-refractivity contribution in [2.24, 2.45) is 11.1 Å². The summed E-state index contributed by atoms with van der Waals surface area (Å²) in [6.45, 7) is 0. The van der Waals surface area contributed by atoms with Crippen LogP contribution in [-0.4, -0.2) is 35.2 Å². The first-order valence-corrected chi connectivity index (χ1v) is 9.32. The van der Waals surface area contributed by atoms with E-state index in [0.717, 1.165) is 12.8 Å². The second kappa shape index (κ2) is 6.78. The fourth-order valence-corrected chi connectivity index (χ4v) is 3.96. The topological polar surface area (TPSA) is 111 Å². The monoisotopic (exact) mass is 351 g/mol. The molecule has 1 fully saturated rings. The number of anilines is 1. The van der Waals surface area contributed by atoms with E-state index in [4.69, 9.17) is 5.14 Å². The van der Waals surface area contributed by atoms with Crippen LogP contribution in [0.25, 0.3) is 11.4 Å². The van der Waals surface area contributed by atoms with Crippen molar-refractivity contribution in [2.45, 2.75) is 25.3 Å². The van der Waals surface area contributed by atoms with E-state index in [-0.39, 0.29) is 23.5 Å². The number of hydrogen-bond acceptors (Lipinski definition) is 6. The third kappa shape index (κ3) is 4.45. The van der Waals surface area contributed by atoms with E-state index in [0.29, 0.717) is 23.8 Å². The van der Waals surface area contributed by atoms with Gasteiger partial charge in [-0.3, -0.25) is 0 Å². The Bertz CT molecular complexity index is 830. The van der Waals surface area contributed by atoms with Gasteiger partial charge in [0.25, 0.3) is 0 Å². The summed E-state index contributed by atoms with van der Waals surface area (Å²) in [7, 11) is -3.46. The minimum absolute atomic E-state index is 0.00305. The predicted molar refractivity (Wildman–Crippen MR) is 87.9 cm³/mol. The van der Waals surface area contributed by atoms with Gasteiger partial charge in [0, 0.05) is 11.6 Å². The van der Waals surface area contributed by atoms with Crippen molar-refractivity contribution in [1.29, 1.82) is 0 Å². The number of aromatic nitrogens is 3. The minimum atomic E-state index is -3.46. The van der Waals surface area contributed by atoms with Gasteiger partial charge >= 0.3 is 0 Å². The van der Waals surface area contributed by atoms with Crippen LogP contribution in [0.4, 0.5) is 10.3 Å². The van der Waals surface area contributed by atoms with Crippen LogP contribution in [-0.2, 0) is 10.0 Å². The van der Waals surface area contributed by atoms with Gasteiger partial charge < -0.3 is 5.32 Å². The Morgan fingerprint density at radius 2 is 2.12 bits per heavy atom. The minimum Gasteiger partial charge on any atom is -0.351 e. The molecular formula is C15H18FN5O2S. The quantitative estimate of drug-likeness (QED) is 0.845. The largest absolute Gasteiger partial charge is 0.351 e. The molecule has 1 aliphatic carbocycles. The molecule has 3 N–H and O–H groups in total. The molecule has 0 spiro atoms. The van der Waals surface area contributed by atoms with Gasteiger partial charge in [0.2, 0.25) is 16.0 Å². The van der Waals surface area contributed by atoms with E-state index in [1.165, 1.54) is 18.5 Å². The van der Waals surface area contributed by atoms with Crippen molar-refractivity contribution in [2.75, 3.05) is 11.1 Å². The lowest BCUT2D eigenvalue weighted by atomic mass is 10.1. The molecular weight excluding hydrogens is 333 g/mol. The zero-order chi connectivity index (χ0) is 17.2. The molecule has 9 heteroatoms. The molecule has 128 valence electrons. The molecule has 0 radical (unpaired) electrons. The molecule has 0 unspecified atom stereocenters. The van der Waals surface area contributed by atoms with Crippen LogP contribution in [0, 0.1) is 11.7 Å². The van der Waals surface area contributed by atoms with Gasteiger partial charge in [0.15, 0.2) is 5.82 Å². The molecule has 7 nitrogen and oxygen atoms in total. The van der Waals surface area contributed by atoms with Gasteiger partial charge in [-0.2, -0.15) is 4.98 Å². The highest BCUT2D eigenvalue weighted by Gasteiger charge is 2.28. The Morgan fingerprint density at radius 1 is 1.29 bits per heavy atom. The summed E-state index contributed by atoms with van der Waals surface area (Å²) in [4.78, 5) is 12.4. The Hall–Kier alpha value is -2.13. The zero-order valence-electron chi connectivity index (χ0n) is 12.9. The van der Waals surface area contributed by atoms with Crippen LogP contribution in [0.5, 0.6) is 0 Å². The molecule has 24 heavy (non-hydrogen) atoms. The molecule has 1 saturated carbocycles. The summed E-state index contributed by atoms with van der Waals surface area (Å²) in [6, 6.07) is 6.11. The Labute approximate surface area is 139 Å². The summed E-state index contributed by atoms with van der Waals surface area (Å²) in [5.41, 5.74) is 0.568. The molecule has 2 aromatic rings. The first-order valence-electron chi connectivity index (χ1n) is 7.61. The first-order chi connectivity index (χ1) is 11.4. The third-order valence-corrected chi connectivity index (χ3v) is 4.93. The van der Waals surface area contributed by atoms with Gasteiger partial charge in [0.1, 0.15) is 12.1 Å². The number of hydrogen-bond donors (Lipinski definition) is 2. The lowest BCUT2D eigenvalue weighted by molar-refractivity contribution is 0.557. The predicted octanol–water partition coefficient (Wildman–Crippen LogP) is 1.55. The molecule has 1 aliphatic rings. The Kier molecular flexibility index (Phi) is 4.72. The van der Waals surface area contributed by atoms with Crippen LogP contribution < -0.4 is 10.5 Å². The lowest BCUT2D eigenvalue weighted by Crippen LogP contribution is -2.23. The normalized spacial score (nSPS) is 20.9. The molecule has 2 atom stereocenters. The summed E-state index contributed by atoms with van der Waals surface area (Å²) < 4.78 is 35.7. The number of nitrogens with one attached hydrogen (secondary N) is 1. The molecule has 3 rings (SSSR count). The third-order valence-electron chi connectivity index (χ3n) is 4.00. The first kappa shape index (κ1) is 16.7. The highest BCUT2D eigenvalue weighted by atomic mass is 32.2. The number of nitrogens with zero attached hydrogens (tertiary/aromatic N) is 3. The second-order valence-electron chi connectivity index (χ2n) is 5.99. The number of nitrogens with two attached hydrogens (primary N) is 1. The Balaban J connectivity index is 1.68. The van der Waals surface area contributed by atoms with Crippen molar-refractivity contribution in [3.63, 3.8) is 0 Å². The smallest absolute Gasteiger partial charge is 0.226 e. The summed E-state index contributed by atoms with van der Waals surface area (Å²) in [5.74, 6) is 0.458. The maximum atomic E-state index is 13.3. The molecule has 0 saturated heterocycles. The van der Waals surface area contributed by atoms with Gasteiger partial charge in [-0.25, -0.2) is 27.9 Å². The van der Waals surface area contributed by atoms with E-state index in [1.807, 2.05) is 0 Å². The number of sulfonamides is 1. The summed E-state index contributed by atoms with van der Waals surface area (Å²) in [5, 5.41) is 8.29. The molecule has 1 heterocycles. The van der Waals surface area contributed by atoms with Crippen molar-refractivity contribution in [1.82, 2.24) is 15.0 Å². The van der Waals surface area contributed by atoms with Crippen LogP contribution in [0.3, 0.4) is 0 Å². The fourth-order valence-electron chi connectivity index (χ4n) is 3.00. The number of rotatable bonds is 5. The zero-order valence-corrected chi connectivity index (χ0v) is 13.7. The van der Waals surface area contributed by atoms with Crippen molar-refractivity contribution in [3.05, 3.63) is 36.4 Å². The number of halogens is 1. The van der Waals surface area contributed by atoms with E-state index in [2.05, 4.69) is 20.3 Å². The van der Waals surface area contributed by atoms with E-state index in [1.54, 1.807) is 12.1 Å². The maximum Gasteiger partial charge on any atom is 0.226 e. The van der Waals surface area contributed by atoms with Gasteiger partial charge in [-0.15, -0.1) is 0 Å². The van der Waals surface area contributed by atoms with E-state index in [9.17, 15) is 12.8 Å². The number of benzene rings is 1. The van der Waals surface area contributed by atoms with Crippen LogP contribution in [0.15, 0.2) is 30.6 Å². The van der Waals surface area contributed by atoms with E-state index < -0.39 is 10.0 Å². The van der Waals surface area contributed by atoms with Crippen molar-refractivity contribution >= 4 is 16.0 Å². The molecule has 0 aliphatic heterocycles. The van der Waals surface area contributed by atoms with Gasteiger partial charge in [-0.1, -0.05) is 12.1 Å². The lowest BCUT2D eigenvalue weighted by Gasteiger charge is -2.13. The molecule has 1 aromatic heterocycles. The summed E-state index contributed by atoms with van der Waals surface area (Å²) >= 11 is 0. The summed E-state index contributed by atoms with van der Waals surface area (Å²) in [6.07, 6.45) is 3.67. The highest BCUT2D eigenvalue weighted by molar-refractivity contribution is 7.89. The molecule has 0 amide bonds. The van der Waals surface area contributed by atoms with Crippen molar-refractivity contribution < 1.29 is 12.8 Å². The SMILES string of the molecule is NS(=O)(=O)C[C@@H]1CC[C@H](Nc2ncnc(-c3cccc(F)c3)n2)C1. The van der Waals surface area contributed by atoms with Crippen molar-refractivity contribution in [3.8, 4) is 11.4 Å². The van der Waals surface area contributed by atoms with Crippen LogP contribution >= 0.6 is 0 Å². The molecule has 0 bridgehead atoms. The van der Waals surface area contributed by atoms with Crippen LogP contribution in [0.2, 0.25) is 0 Å².